The Balaban J connectivity index is 2.12. The lowest BCUT2D eigenvalue weighted by atomic mass is 10.2. The minimum absolute atomic E-state index is 0.0471. The molecule has 98 valence electrons. The summed E-state index contributed by atoms with van der Waals surface area (Å²) < 4.78 is 0. The molecule has 2 unspecified atom stereocenters. The van der Waals surface area contributed by atoms with Gasteiger partial charge in [0, 0.05) is 17.4 Å². The van der Waals surface area contributed by atoms with Crippen LogP contribution >= 0.6 is 11.8 Å². The Morgan fingerprint density at radius 2 is 2.33 bits per heavy atom. The van der Waals surface area contributed by atoms with Crippen molar-refractivity contribution in [2.75, 3.05) is 11.6 Å². The second-order valence-electron chi connectivity index (χ2n) is 4.57. The zero-order valence-electron chi connectivity index (χ0n) is 10.5. The predicted molar refractivity (Wildman–Crippen MR) is 74.2 cm³/mol. The highest BCUT2D eigenvalue weighted by Crippen LogP contribution is 2.31. The Morgan fingerprint density at radius 1 is 1.56 bits per heavy atom. The van der Waals surface area contributed by atoms with Crippen molar-refractivity contribution in [2.24, 2.45) is 0 Å². The fourth-order valence-corrected chi connectivity index (χ4v) is 3.29. The molecule has 1 aromatic heterocycles. The number of aromatic nitrogens is 1. The Bertz CT molecular complexity index is 453. The number of rotatable bonds is 4. The molecule has 0 amide bonds. The van der Waals surface area contributed by atoms with E-state index in [9.17, 15) is 10.1 Å². The monoisotopic (exact) mass is 267 g/mol. The molecule has 1 aromatic rings. The number of aryl methyl sites for hydroxylation is 1. The van der Waals surface area contributed by atoms with Crippen molar-refractivity contribution in [3.8, 4) is 0 Å². The lowest BCUT2D eigenvalue weighted by Gasteiger charge is -2.20. The standard InChI is InChI=1S/C12H17N3O2S/c1-8-6-9(15(16)17)7-13-12(8)14-10-4-3-5-11(10)18-2/h6-7,10-11H,3-5H2,1-2H3,(H,13,14). The molecule has 2 atom stereocenters. The van der Waals surface area contributed by atoms with Gasteiger partial charge in [-0.25, -0.2) is 4.98 Å². The van der Waals surface area contributed by atoms with Crippen LogP contribution in [-0.2, 0) is 0 Å². The van der Waals surface area contributed by atoms with Gasteiger partial charge >= 0.3 is 0 Å². The maximum atomic E-state index is 10.6. The van der Waals surface area contributed by atoms with Gasteiger partial charge in [0.2, 0.25) is 0 Å². The van der Waals surface area contributed by atoms with Gasteiger partial charge in [-0.2, -0.15) is 11.8 Å². The summed E-state index contributed by atoms with van der Waals surface area (Å²) in [6, 6.07) is 1.99. The highest BCUT2D eigenvalue weighted by molar-refractivity contribution is 7.99. The van der Waals surface area contributed by atoms with Crippen molar-refractivity contribution in [1.29, 1.82) is 0 Å². The second-order valence-corrected chi connectivity index (χ2v) is 5.65. The number of thioether (sulfide) groups is 1. The molecule has 0 saturated heterocycles. The number of nitrogens with one attached hydrogen (secondary N) is 1. The van der Waals surface area contributed by atoms with E-state index in [1.165, 1.54) is 19.0 Å². The molecule has 1 N–H and O–H groups in total. The van der Waals surface area contributed by atoms with Crippen LogP contribution in [0.4, 0.5) is 11.5 Å². The first-order valence-corrected chi connectivity index (χ1v) is 7.31. The van der Waals surface area contributed by atoms with E-state index in [0.29, 0.717) is 11.3 Å². The van der Waals surface area contributed by atoms with Gasteiger partial charge in [-0.3, -0.25) is 10.1 Å². The molecule has 5 nitrogen and oxygen atoms in total. The summed E-state index contributed by atoms with van der Waals surface area (Å²) in [5.41, 5.74) is 0.877. The van der Waals surface area contributed by atoms with Crippen LogP contribution in [-0.4, -0.2) is 27.5 Å². The van der Waals surface area contributed by atoms with Crippen molar-refractivity contribution >= 4 is 23.3 Å². The molecule has 0 aromatic carbocycles. The molecule has 1 fully saturated rings. The van der Waals surface area contributed by atoms with Gasteiger partial charge in [0.15, 0.2) is 0 Å². The molecule has 1 heterocycles. The predicted octanol–water partition coefficient (Wildman–Crippen LogP) is 2.99. The summed E-state index contributed by atoms with van der Waals surface area (Å²) in [6.07, 6.45) is 7.04. The van der Waals surface area contributed by atoms with E-state index in [1.54, 1.807) is 6.07 Å². The van der Waals surface area contributed by atoms with Crippen molar-refractivity contribution in [3.63, 3.8) is 0 Å². The van der Waals surface area contributed by atoms with Gasteiger partial charge < -0.3 is 5.32 Å². The first kappa shape index (κ1) is 13.1. The van der Waals surface area contributed by atoms with E-state index < -0.39 is 4.92 Å². The van der Waals surface area contributed by atoms with Gasteiger partial charge in [0.1, 0.15) is 12.0 Å². The van der Waals surface area contributed by atoms with Crippen LogP contribution in [0.15, 0.2) is 12.3 Å². The zero-order valence-corrected chi connectivity index (χ0v) is 11.4. The normalized spacial score (nSPS) is 23.0. The van der Waals surface area contributed by atoms with Gasteiger partial charge in [0.25, 0.3) is 5.69 Å². The summed E-state index contributed by atoms with van der Waals surface area (Å²) in [4.78, 5) is 14.4. The average Bonchev–Trinajstić information content (AvgIpc) is 2.78. The van der Waals surface area contributed by atoms with Crippen molar-refractivity contribution < 1.29 is 4.92 Å². The molecule has 0 bridgehead atoms. The maximum absolute atomic E-state index is 10.6. The SMILES string of the molecule is CSC1CCCC1Nc1ncc([N+](=O)[O-])cc1C. The third kappa shape index (κ3) is 2.75. The third-order valence-corrected chi connectivity index (χ3v) is 4.52. The topological polar surface area (TPSA) is 68.1 Å². The molecule has 0 spiro atoms. The van der Waals surface area contributed by atoms with E-state index in [1.807, 2.05) is 18.7 Å². The number of hydrogen-bond donors (Lipinski definition) is 1. The molecule has 0 aliphatic heterocycles. The van der Waals surface area contributed by atoms with Crippen LogP contribution in [0.3, 0.4) is 0 Å². The minimum Gasteiger partial charge on any atom is -0.366 e. The molecular weight excluding hydrogens is 250 g/mol. The van der Waals surface area contributed by atoms with Gasteiger partial charge in [-0.05, 0) is 31.6 Å². The quantitative estimate of drug-likeness (QED) is 0.671. The molecule has 0 radical (unpaired) electrons. The Morgan fingerprint density at radius 3 is 2.94 bits per heavy atom. The Kier molecular flexibility index (Phi) is 4.06. The lowest BCUT2D eigenvalue weighted by molar-refractivity contribution is -0.385. The average molecular weight is 267 g/mol. The molecule has 1 aliphatic rings. The summed E-state index contributed by atoms with van der Waals surface area (Å²) in [5.74, 6) is 0.770. The number of nitro groups is 1. The summed E-state index contributed by atoms with van der Waals surface area (Å²) in [6.45, 7) is 1.85. The Labute approximate surface area is 111 Å². The lowest BCUT2D eigenvalue weighted by Crippen LogP contribution is -2.26. The van der Waals surface area contributed by atoms with Gasteiger partial charge in [-0.15, -0.1) is 0 Å². The molecule has 6 heteroatoms. The molecule has 2 rings (SSSR count). The van der Waals surface area contributed by atoms with Crippen LogP contribution in [0.2, 0.25) is 0 Å². The van der Waals surface area contributed by atoms with Crippen LogP contribution in [0, 0.1) is 17.0 Å². The second kappa shape index (κ2) is 5.56. The highest BCUT2D eigenvalue weighted by Gasteiger charge is 2.27. The number of hydrogen-bond acceptors (Lipinski definition) is 5. The molecular formula is C12H17N3O2S. The first-order valence-electron chi connectivity index (χ1n) is 6.02. The van der Waals surface area contributed by atoms with Crippen LogP contribution < -0.4 is 5.32 Å². The largest absolute Gasteiger partial charge is 0.366 e. The highest BCUT2D eigenvalue weighted by atomic mass is 32.2. The summed E-state index contributed by atoms with van der Waals surface area (Å²) in [7, 11) is 0. The summed E-state index contributed by atoms with van der Waals surface area (Å²) >= 11 is 1.88. The van der Waals surface area contributed by atoms with E-state index >= 15 is 0 Å². The Hall–Kier alpha value is -1.30. The fraction of sp³-hybridized carbons (Fsp3) is 0.583. The van der Waals surface area contributed by atoms with Gasteiger partial charge in [-0.1, -0.05) is 6.42 Å². The molecule has 1 saturated carbocycles. The third-order valence-electron chi connectivity index (χ3n) is 3.35. The maximum Gasteiger partial charge on any atom is 0.287 e. The number of pyridine rings is 1. The summed E-state index contributed by atoms with van der Waals surface area (Å²) in [5, 5.41) is 14.7. The minimum atomic E-state index is -0.413. The molecule has 18 heavy (non-hydrogen) atoms. The number of nitrogens with zero attached hydrogens (tertiary/aromatic N) is 2. The van der Waals surface area contributed by atoms with Crippen molar-refractivity contribution in [3.05, 3.63) is 27.9 Å². The van der Waals surface area contributed by atoms with E-state index in [0.717, 1.165) is 17.8 Å². The van der Waals surface area contributed by atoms with E-state index in [-0.39, 0.29) is 5.69 Å². The van der Waals surface area contributed by atoms with Gasteiger partial charge in [0.05, 0.1) is 4.92 Å². The van der Waals surface area contributed by atoms with Crippen LogP contribution in [0.1, 0.15) is 24.8 Å². The van der Waals surface area contributed by atoms with Crippen LogP contribution in [0.25, 0.3) is 0 Å². The van der Waals surface area contributed by atoms with Crippen LogP contribution in [0.5, 0.6) is 0 Å². The van der Waals surface area contributed by atoms with Crippen molar-refractivity contribution in [2.45, 2.75) is 37.5 Å². The fourth-order valence-electron chi connectivity index (χ4n) is 2.36. The first-order chi connectivity index (χ1) is 8.61. The molecule has 1 aliphatic carbocycles. The number of anilines is 1. The van der Waals surface area contributed by atoms with E-state index in [2.05, 4.69) is 16.6 Å². The smallest absolute Gasteiger partial charge is 0.287 e. The van der Waals surface area contributed by atoms with E-state index in [4.69, 9.17) is 0 Å². The zero-order chi connectivity index (χ0) is 13.1. The van der Waals surface area contributed by atoms with Crippen molar-refractivity contribution in [1.82, 2.24) is 4.98 Å².